The van der Waals surface area contributed by atoms with E-state index in [9.17, 15) is 0 Å². The number of rotatable bonds is 5. The van der Waals surface area contributed by atoms with Crippen molar-refractivity contribution in [1.29, 1.82) is 0 Å². The maximum Gasteiger partial charge on any atom is 0.161 e. The number of anilines is 1. The van der Waals surface area contributed by atoms with Crippen LogP contribution in [0.25, 0.3) is 22.3 Å². The first-order valence-electron chi connectivity index (χ1n) is 8.98. The number of para-hydroxylation sites is 1. The molecule has 146 valence electrons. The van der Waals surface area contributed by atoms with Gasteiger partial charge in [0.2, 0.25) is 0 Å². The zero-order valence-electron chi connectivity index (χ0n) is 16.0. The van der Waals surface area contributed by atoms with Crippen LogP contribution in [0, 0.1) is 0 Å². The molecular formula is C23H19ClN2O3. The highest BCUT2D eigenvalue weighted by atomic mass is 35.5. The summed E-state index contributed by atoms with van der Waals surface area (Å²) in [4.78, 5) is 0. The Balaban J connectivity index is 1.87. The maximum absolute atomic E-state index is 6.20. The highest BCUT2D eigenvalue weighted by Crippen LogP contribution is 2.33. The third kappa shape index (κ3) is 4.05. The van der Waals surface area contributed by atoms with Gasteiger partial charge in [0.05, 0.1) is 25.3 Å². The molecule has 0 saturated heterocycles. The number of halogens is 1. The van der Waals surface area contributed by atoms with Gasteiger partial charge in [-0.3, -0.25) is 5.43 Å². The van der Waals surface area contributed by atoms with E-state index in [4.69, 9.17) is 25.5 Å². The fraction of sp³-hybridized carbons (Fsp3) is 0.0870. The molecule has 3 aromatic carbocycles. The highest BCUT2D eigenvalue weighted by molar-refractivity contribution is 6.31. The lowest BCUT2D eigenvalue weighted by molar-refractivity contribution is 0.355. The lowest BCUT2D eigenvalue weighted by atomic mass is 10.1. The van der Waals surface area contributed by atoms with Gasteiger partial charge in [0.25, 0.3) is 0 Å². The van der Waals surface area contributed by atoms with Crippen LogP contribution in [0.3, 0.4) is 0 Å². The minimum absolute atomic E-state index is 0.614. The summed E-state index contributed by atoms with van der Waals surface area (Å²) in [6.45, 7) is 0. The summed E-state index contributed by atoms with van der Waals surface area (Å²) in [6.07, 6.45) is 0. The lowest BCUT2D eigenvalue weighted by Crippen LogP contribution is -2.07. The van der Waals surface area contributed by atoms with Crippen molar-refractivity contribution in [1.82, 2.24) is 0 Å². The average Bonchev–Trinajstić information content (AvgIpc) is 2.77. The predicted octanol–water partition coefficient (Wildman–Crippen LogP) is 5.70. The van der Waals surface area contributed by atoms with Crippen molar-refractivity contribution in [3.63, 3.8) is 0 Å². The Labute approximate surface area is 173 Å². The van der Waals surface area contributed by atoms with E-state index in [1.807, 2.05) is 66.7 Å². The van der Waals surface area contributed by atoms with Crippen LogP contribution in [0.1, 0.15) is 0 Å². The van der Waals surface area contributed by atoms with E-state index < -0.39 is 0 Å². The van der Waals surface area contributed by atoms with E-state index in [0.29, 0.717) is 33.2 Å². The van der Waals surface area contributed by atoms with Gasteiger partial charge in [0, 0.05) is 22.0 Å². The highest BCUT2D eigenvalue weighted by Gasteiger charge is 2.10. The number of benzene rings is 3. The molecule has 4 aromatic rings. The molecule has 0 fully saturated rings. The van der Waals surface area contributed by atoms with Gasteiger partial charge in [0.1, 0.15) is 11.3 Å². The molecule has 0 aliphatic heterocycles. The summed E-state index contributed by atoms with van der Waals surface area (Å²) >= 11 is 6.20. The quantitative estimate of drug-likeness (QED) is 0.432. The lowest BCUT2D eigenvalue weighted by Gasteiger charge is -2.10. The second kappa shape index (κ2) is 8.29. The van der Waals surface area contributed by atoms with Crippen LogP contribution in [0.4, 0.5) is 5.69 Å². The molecule has 0 saturated carbocycles. The number of ether oxygens (including phenoxy) is 2. The van der Waals surface area contributed by atoms with Gasteiger partial charge in [-0.25, -0.2) is 0 Å². The van der Waals surface area contributed by atoms with Crippen molar-refractivity contribution in [3.05, 3.63) is 83.2 Å². The number of nitrogens with one attached hydrogen (secondary N) is 1. The molecule has 0 aliphatic rings. The number of hydrogen-bond donors (Lipinski definition) is 1. The number of methoxy groups -OCH3 is 2. The Hall–Kier alpha value is -3.44. The van der Waals surface area contributed by atoms with Crippen molar-refractivity contribution in [2.45, 2.75) is 0 Å². The number of hydrogen-bond acceptors (Lipinski definition) is 5. The van der Waals surface area contributed by atoms with Gasteiger partial charge in [-0.2, -0.15) is 5.10 Å². The zero-order chi connectivity index (χ0) is 20.2. The van der Waals surface area contributed by atoms with Gasteiger partial charge in [-0.1, -0.05) is 29.8 Å². The van der Waals surface area contributed by atoms with Crippen LogP contribution in [0.15, 0.2) is 82.3 Å². The Morgan fingerprint density at radius 2 is 1.66 bits per heavy atom. The molecule has 0 unspecified atom stereocenters. The zero-order valence-corrected chi connectivity index (χ0v) is 16.7. The van der Waals surface area contributed by atoms with Crippen LogP contribution >= 0.6 is 11.6 Å². The molecule has 6 heteroatoms. The summed E-state index contributed by atoms with van der Waals surface area (Å²) in [5.74, 6) is 1.92. The molecule has 0 amide bonds. The fourth-order valence-electron chi connectivity index (χ4n) is 3.00. The molecule has 1 heterocycles. The molecular weight excluding hydrogens is 388 g/mol. The largest absolute Gasteiger partial charge is 0.493 e. The first kappa shape index (κ1) is 18.9. The van der Waals surface area contributed by atoms with E-state index >= 15 is 0 Å². The number of nitrogens with zero attached hydrogens (tertiary/aromatic N) is 1. The van der Waals surface area contributed by atoms with Crippen molar-refractivity contribution in [2.75, 3.05) is 19.6 Å². The van der Waals surface area contributed by atoms with Gasteiger partial charge in [0.15, 0.2) is 11.5 Å². The van der Waals surface area contributed by atoms with E-state index in [1.165, 1.54) is 0 Å². The average molecular weight is 407 g/mol. The SMILES string of the molecule is COc1ccc(-c2c/c(=N/Nc3ccccc3)c3cc(Cl)ccc3o2)cc1OC. The molecule has 1 N–H and O–H groups in total. The minimum atomic E-state index is 0.614. The third-order valence-electron chi connectivity index (χ3n) is 4.45. The first-order chi connectivity index (χ1) is 14.2. The molecule has 29 heavy (non-hydrogen) atoms. The smallest absolute Gasteiger partial charge is 0.161 e. The summed E-state index contributed by atoms with van der Waals surface area (Å²) in [7, 11) is 3.21. The van der Waals surface area contributed by atoms with Crippen molar-refractivity contribution < 1.29 is 13.9 Å². The normalized spacial score (nSPS) is 11.5. The van der Waals surface area contributed by atoms with Crippen LogP contribution < -0.4 is 20.3 Å². The molecule has 5 nitrogen and oxygen atoms in total. The number of fused-ring (bicyclic) bond motifs is 1. The maximum atomic E-state index is 6.20. The van der Waals surface area contributed by atoms with Gasteiger partial charge < -0.3 is 13.9 Å². The van der Waals surface area contributed by atoms with Gasteiger partial charge in [-0.15, -0.1) is 0 Å². The first-order valence-corrected chi connectivity index (χ1v) is 9.36. The van der Waals surface area contributed by atoms with Crippen molar-refractivity contribution in [2.24, 2.45) is 5.10 Å². The van der Waals surface area contributed by atoms with Gasteiger partial charge >= 0.3 is 0 Å². The van der Waals surface area contributed by atoms with E-state index in [-0.39, 0.29) is 0 Å². The van der Waals surface area contributed by atoms with Crippen LogP contribution in [-0.4, -0.2) is 14.2 Å². The molecule has 4 rings (SSSR count). The summed E-state index contributed by atoms with van der Waals surface area (Å²) < 4.78 is 16.9. The summed E-state index contributed by atoms with van der Waals surface area (Å²) in [5, 5.41) is 6.72. The topological polar surface area (TPSA) is 56.0 Å². The Kier molecular flexibility index (Phi) is 5.40. The molecule has 0 spiro atoms. The Morgan fingerprint density at radius 3 is 2.41 bits per heavy atom. The standard InChI is InChI=1S/C23H19ClN2O3/c1-27-21-10-8-15(12-23(21)28-2)22-14-19(26-25-17-6-4-3-5-7-17)18-13-16(24)9-11-20(18)29-22/h3-14,25H,1-2H3/b26-19-. The van der Waals surface area contributed by atoms with Crippen LogP contribution in [0.5, 0.6) is 11.5 Å². The Bertz CT molecular complexity index is 1220. The van der Waals surface area contributed by atoms with E-state index in [0.717, 1.165) is 16.6 Å². The summed E-state index contributed by atoms with van der Waals surface area (Å²) in [5.41, 5.74) is 5.49. The van der Waals surface area contributed by atoms with Crippen LogP contribution in [-0.2, 0) is 0 Å². The second-order valence-corrected chi connectivity index (χ2v) is 6.73. The second-order valence-electron chi connectivity index (χ2n) is 6.30. The molecule has 0 atom stereocenters. The molecule has 0 bridgehead atoms. The predicted molar refractivity (Wildman–Crippen MR) is 115 cm³/mol. The third-order valence-corrected chi connectivity index (χ3v) is 4.69. The minimum Gasteiger partial charge on any atom is -0.493 e. The molecule has 0 radical (unpaired) electrons. The molecule has 1 aromatic heterocycles. The molecule has 0 aliphatic carbocycles. The summed E-state index contributed by atoms with van der Waals surface area (Å²) in [6, 6.07) is 22.7. The van der Waals surface area contributed by atoms with Crippen LogP contribution in [0.2, 0.25) is 5.02 Å². The Morgan fingerprint density at radius 1 is 0.862 bits per heavy atom. The van der Waals surface area contributed by atoms with Crippen molar-refractivity contribution in [3.8, 4) is 22.8 Å². The van der Waals surface area contributed by atoms with E-state index in [2.05, 4.69) is 10.5 Å². The van der Waals surface area contributed by atoms with Gasteiger partial charge in [-0.05, 0) is 48.5 Å². The van der Waals surface area contributed by atoms with Crippen molar-refractivity contribution >= 4 is 28.3 Å². The monoisotopic (exact) mass is 406 g/mol. The van der Waals surface area contributed by atoms with E-state index in [1.54, 1.807) is 20.3 Å². The fourth-order valence-corrected chi connectivity index (χ4v) is 3.18.